The highest BCUT2D eigenvalue weighted by atomic mass is 35.5. The molecular formula is C14H13ClFN. The van der Waals surface area contributed by atoms with Gasteiger partial charge in [0.25, 0.3) is 0 Å². The quantitative estimate of drug-likeness (QED) is 0.754. The van der Waals surface area contributed by atoms with Crippen LogP contribution in [0, 0.1) is 5.82 Å². The predicted molar refractivity (Wildman–Crippen MR) is 68.7 cm³/mol. The van der Waals surface area contributed by atoms with Gasteiger partial charge in [-0.2, -0.15) is 0 Å². The Balaban J connectivity index is 2.52. The largest absolute Gasteiger partial charge is 0.252 e. The van der Waals surface area contributed by atoms with E-state index < -0.39 is 0 Å². The summed E-state index contributed by atoms with van der Waals surface area (Å²) in [5.41, 5.74) is 2.01. The van der Waals surface area contributed by atoms with Crippen molar-refractivity contribution in [2.24, 2.45) is 0 Å². The van der Waals surface area contributed by atoms with Crippen molar-refractivity contribution in [2.45, 2.75) is 19.8 Å². The molecule has 88 valence electrons. The van der Waals surface area contributed by atoms with Crippen LogP contribution in [0.1, 0.15) is 25.5 Å². The summed E-state index contributed by atoms with van der Waals surface area (Å²) in [7, 11) is 0. The summed E-state index contributed by atoms with van der Waals surface area (Å²) >= 11 is 5.87. The molecule has 0 amide bonds. The Morgan fingerprint density at radius 2 is 1.94 bits per heavy atom. The van der Waals surface area contributed by atoms with Gasteiger partial charge in [-0.1, -0.05) is 31.5 Å². The van der Waals surface area contributed by atoms with Crippen molar-refractivity contribution in [1.82, 2.24) is 4.98 Å². The average molecular weight is 250 g/mol. The molecule has 0 fully saturated rings. The van der Waals surface area contributed by atoms with E-state index in [1.807, 2.05) is 12.1 Å². The number of benzene rings is 1. The highest BCUT2D eigenvalue weighted by Gasteiger charge is 2.09. The van der Waals surface area contributed by atoms with Crippen LogP contribution in [0.4, 0.5) is 4.39 Å². The Morgan fingerprint density at radius 1 is 1.18 bits per heavy atom. The van der Waals surface area contributed by atoms with Gasteiger partial charge in [0, 0.05) is 16.3 Å². The molecule has 1 heterocycles. The van der Waals surface area contributed by atoms with Crippen LogP contribution in [0.3, 0.4) is 0 Å². The average Bonchev–Trinajstić information content (AvgIpc) is 2.32. The molecule has 0 aliphatic rings. The first kappa shape index (κ1) is 12.1. The second-order valence-electron chi connectivity index (χ2n) is 4.23. The normalized spacial score (nSPS) is 10.9. The van der Waals surface area contributed by atoms with Crippen LogP contribution in [0.5, 0.6) is 0 Å². The van der Waals surface area contributed by atoms with Crippen molar-refractivity contribution in [3.63, 3.8) is 0 Å². The first-order chi connectivity index (χ1) is 8.08. The van der Waals surface area contributed by atoms with Crippen molar-refractivity contribution in [3.05, 3.63) is 52.9 Å². The molecule has 0 aliphatic heterocycles. The van der Waals surface area contributed by atoms with E-state index in [1.165, 1.54) is 12.1 Å². The first-order valence-electron chi connectivity index (χ1n) is 5.50. The minimum Gasteiger partial charge on any atom is -0.252 e. The lowest BCUT2D eigenvalue weighted by molar-refractivity contribution is 0.630. The third kappa shape index (κ3) is 2.64. The van der Waals surface area contributed by atoms with Crippen LogP contribution in [0.2, 0.25) is 5.02 Å². The molecule has 2 aromatic rings. The van der Waals surface area contributed by atoms with E-state index in [0.717, 1.165) is 5.69 Å². The molecule has 0 saturated heterocycles. The number of pyridine rings is 1. The van der Waals surface area contributed by atoms with Gasteiger partial charge in [0.15, 0.2) is 0 Å². The zero-order valence-corrected chi connectivity index (χ0v) is 10.5. The van der Waals surface area contributed by atoms with Gasteiger partial charge in [0.05, 0.1) is 5.69 Å². The molecule has 1 aromatic carbocycles. The summed E-state index contributed by atoms with van der Waals surface area (Å²) in [6.07, 6.45) is 0. The molecule has 1 nitrogen and oxygen atoms in total. The topological polar surface area (TPSA) is 12.9 Å². The van der Waals surface area contributed by atoms with Gasteiger partial charge >= 0.3 is 0 Å². The van der Waals surface area contributed by atoms with E-state index in [1.54, 1.807) is 12.1 Å². The van der Waals surface area contributed by atoms with Crippen LogP contribution in [0.25, 0.3) is 11.3 Å². The van der Waals surface area contributed by atoms with Crippen molar-refractivity contribution in [1.29, 1.82) is 0 Å². The Hall–Kier alpha value is -1.41. The van der Waals surface area contributed by atoms with Crippen LogP contribution >= 0.6 is 11.6 Å². The molecule has 2 rings (SSSR count). The minimum absolute atomic E-state index is 0.303. The Kier molecular flexibility index (Phi) is 3.43. The van der Waals surface area contributed by atoms with E-state index in [2.05, 4.69) is 18.8 Å². The number of hydrogen-bond acceptors (Lipinski definition) is 1. The van der Waals surface area contributed by atoms with Gasteiger partial charge in [-0.05, 0) is 36.2 Å². The number of rotatable bonds is 2. The van der Waals surface area contributed by atoms with Crippen molar-refractivity contribution in [3.8, 4) is 11.3 Å². The molecule has 0 bridgehead atoms. The third-order valence-corrected chi connectivity index (χ3v) is 2.80. The lowest BCUT2D eigenvalue weighted by atomic mass is 10.1. The lowest BCUT2D eigenvalue weighted by Crippen LogP contribution is -1.95. The third-order valence-electron chi connectivity index (χ3n) is 2.57. The lowest BCUT2D eigenvalue weighted by Gasteiger charge is -2.08. The summed E-state index contributed by atoms with van der Waals surface area (Å²) < 4.78 is 13.7. The molecule has 0 unspecified atom stereocenters. The predicted octanol–water partition coefficient (Wildman–Crippen LogP) is 4.66. The molecule has 0 aliphatic carbocycles. The Labute approximate surface area is 105 Å². The van der Waals surface area contributed by atoms with Gasteiger partial charge in [0.2, 0.25) is 0 Å². The van der Waals surface area contributed by atoms with E-state index in [-0.39, 0.29) is 5.82 Å². The highest BCUT2D eigenvalue weighted by molar-refractivity contribution is 6.30. The fourth-order valence-electron chi connectivity index (χ4n) is 1.62. The fraction of sp³-hybridized carbons (Fsp3) is 0.214. The summed E-state index contributed by atoms with van der Waals surface area (Å²) in [5.74, 6) is 0.0139. The molecule has 1 aromatic heterocycles. The summed E-state index contributed by atoms with van der Waals surface area (Å²) in [6.45, 7) is 4.11. The Bertz CT molecular complexity index is 537. The van der Waals surface area contributed by atoms with Gasteiger partial charge in [0.1, 0.15) is 5.82 Å². The van der Waals surface area contributed by atoms with E-state index in [9.17, 15) is 4.39 Å². The molecule has 17 heavy (non-hydrogen) atoms. The van der Waals surface area contributed by atoms with Gasteiger partial charge < -0.3 is 0 Å². The molecule has 0 N–H and O–H groups in total. The number of nitrogens with zero attached hydrogens (tertiary/aromatic N) is 1. The number of hydrogen-bond donors (Lipinski definition) is 0. The number of halogens is 2. The number of aromatic nitrogens is 1. The van der Waals surface area contributed by atoms with Crippen molar-refractivity contribution in [2.75, 3.05) is 0 Å². The van der Waals surface area contributed by atoms with Crippen LogP contribution in [-0.2, 0) is 0 Å². The smallest absolute Gasteiger partial charge is 0.132 e. The molecule has 0 radical (unpaired) electrons. The SMILES string of the molecule is CC(C)c1cccc(-c2cc(Cl)ccc2F)n1. The van der Waals surface area contributed by atoms with Crippen molar-refractivity contribution >= 4 is 11.6 Å². The summed E-state index contributed by atoms with van der Waals surface area (Å²) in [5, 5.41) is 0.512. The van der Waals surface area contributed by atoms with E-state index >= 15 is 0 Å². The van der Waals surface area contributed by atoms with E-state index in [0.29, 0.717) is 22.2 Å². The van der Waals surface area contributed by atoms with Crippen molar-refractivity contribution < 1.29 is 4.39 Å². The summed E-state index contributed by atoms with van der Waals surface area (Å²) in [4.78, 5) is 4.45. The van der Waals surface area contributed by atoms with Gasteiger partial charge in [-0.3, -0.25) is 4.98 Å². The first-order valence-corrected chi connectivity index (χ1v) is 5.88. The second-order valence-corrected chi connectivity index (χ2v) is 4.66. The molecule has 0 spiro atoms. The van der Waals surface area contributed by atoms with Crippen LogP contribution < -0.4 is 0 Å². The second kappa shape index (κ2) is 4.84. The van der Waals surface area contributed by atoms with Gasteiger partial charge in [-0.15, -0.1) is 0 Å². The highest BCUT2D eigenvalue weighted by Crippen LogP contribution is 2.25. The molecule has 3 heteroatoms. The minimum atomic E-state index is -0.303. The zero-order valence-electron chi connectivity index (χ0n) is 9.74. The summed E-state index contributed by atoms with van der Waals surface area (Å²) in [6, 6.07) is 10.1. The zero-order chi connectivity index (χ0) is 12.4. The van der Waals surface area contributed by atoms with Crippen LogP contribution in [0.15, 0.2) is 36.4 Å². The maximum absolute atomic E-state index is 13.7. The van der Waals surface area contributed by atoms with Crippen LogP contribution in [-0.4, -0.2) is 4.98 Å². The maximum atomic E-state index is 13.7. The molecular weight excluding hydrogens is 237 g/mol. The van der Waals surface area contributed by atoms with Gasteiger partial charge in [-0.25, -0.2) is 4.39 Å². The Morgan fingerprint density at radius 3 is 2.65 bits per heavy atom. The molecule has 0 atom stereocenters. The maximum Gasteiger partial charge on any atom is 0.132 e. The van der Waals surface area contributed by atoms with E-state index in [4.69, 9.17) is 11.6 Å². The fourth-order valence-corrected chi connectivity index (χ4v) is 1.79. The monoisotopic (exact) mass is 249 g/mol. The standard InChI is InChI=1S/C14H13ClFN/c1-9(2)13-4-3-5-14(17-13)11-8-10(15)6-7-12(11)16/h3-9H,1-2H3. The molecule has 0 saturated carbocycles.